The van der Waals surface area contributed by atoms with Gasteiger partial charge in [0.15, 0.2) is 17.8 Å². The highest BCUT2D eigenvalue weighted by atomic mass is 19.4. The Hall–Kier alpha value is -3.32. The Morgan fingerprint density at radius 2 is 1.57 bits per heavy atom. The first-order valence-electron chi connectivity index (χ1n) is 9.06. The second-order valence-electron chi connectivity index (χ2n) is 6.73. The third-order valence-corrected chi connectivity index (χ3v) is 4.81. The van der Waals surface area contributed by atoms with Crippen molar-refractivity contribution in [3.8, 4) is 22.6 Å². The molecule has 7 heteroatoms. The van der Waals surface area contributed by atoms with Crippen LogP contribution < -0.4 is 0 Å². The molecular formula is C23H19F3O4. The van der Waals surface area contributed by atoms with E-state index in [1.165, 1.54) is 25.1 Å². The van der Waals surface area contributed by atoms with E-state index in [0.717, 1.165) is 11.6 Å². The lowest BCUT2D eigenvalue weighted by Crippen LogP contribution is -2.10. The predicted octanol–water partition coefficient (Wildman–Crippen LogP) is 5.62. The maximum atomic E-state index is 13.6. The number of carbonyl (C=O) groups excluding carboxylic acids is 1. The van der Waals surface area contributed by atoms with Crippen molar-refractivity contribution in [3.05, 3.63) is 82.4 Å². The van der Waals surface area contributed by atoms with Crippen molar-refractivity contribution in [2.45, 2.75) is 26.3 Å². The lowest BCUT2D eigenvalue weighted by molar-refractivity contribution is -0.137. The van der Waals surface area contributed by atoms with Gasteiger partial charge < -0.3 is 14.9 Å². The number of phenolic OH excluding ortho intramolecular Hbond substituents is 2. The molecule has 0 aromatic heterocycles. The number of alkyl halides is 3. The molecule has 0 atom stereocenters. The summed E-state index contributed by atoms with van der Waals surface area (Å²) < 4.78 is 46.5. The third kappa shape index (κ3) is 4.16. The highest BCUT2D eigenvalue weighted by Crippen LogP contribution is 2.46. The number of ether oxygens (including phenoxy) is 1. The minimum absolute atomic E-state index is 0.00777. The largest absolute Gasteiger partial charge is 0.504 e. The van der Waals surface area contributed by atoms with E-state index in [-0.39, 0.29) is 41.0 Å². The van der Waals surface area contributed by atoms with Crippen LogP contribution in [0, 0.1) is 6.92 Å². The van der Waals surface area contributed by atoms with Crippen molar-refractivity contribution in [2.75, 3.05) is 0 Å². The highest BCUT2D eigenvalue weighted by Gasteiger charge is 2.35. The maximum Gasteiger partial charge on any atom is 0.417 e. The lowest BCUT2D eigenvalue weighted by Gasteiger charge is -2.21. The number of hydrogen-bond acceptors (Lipinski definition) is 4. The van der Waals surface area contributed by atoms with E-state index in [1.54, 1.807) is 0 Å². The zero-order chi connectivity index (χ0) is 21.9. The molecule has 4 nitrogen and oxygen atoms in total. The van der Waals surface area contributed by atoms with Crippen molar-refractivity contribution in [1.82, 2.24) is 0 Å². The number of aldehydes is 1. The number of carbonyl (C=O) groups is 1. The first-order chi connectivity index (χ1) is 14.3. The minimum Gasteiger partial charge on any atom is -0.504 e. The van der Waals surface area contributed by atoms with Crippen molar-refractivity contribution in [2.24, 2.45) is 0 Å². The average molecular weight is 416 g/mol. The summed E-state index contributed by atoms with van der Waals surface area (Å²) in [4.78, 5) is 11.7. The van der Waals surface area contributed by atoms with Gasteiger partial charge in [0.05, 0.1) is 24.3 Å². The molecule has 0 aliphatic carbocycles. The van der Waals surface area contributed by atoms with Crippen LogP contribution in [-0.2, 0) is 24.1 Å². The molecular weight excluding hydrogens is 397 g/mol. The van der Waals surface area contributed by atoms with Gasteiger partial charge in [-0.25, -0.2) is 0 Å². The summed E-state index contributed by atoms with van der Waals surface area (Å²) in [6.45, 7) is 1.30. The van der Waals surface area contributed by atoms with Crippen LogP contribution in [0.4, 0.5) is 13.2 Å². The minimum atomic E-state index is -4.65. The summed E-state index contributed by atoms with van der Waals surface area (Å²) in [5.74, 6) is -1.33. The monoisotopic (exact) mass is 416 g/mol. The quantitative estimate of drug-likeness (QED) is 0.404. The molecule has 3 aromatic rings. The van der Waals surface area contributed by atoms with Gasteiger partial charge in [0.1, 0.15) is 0 Å². The van der Waals surface area contributed by atoms with Gasteiger partial charge in [-0.05, 0) is 29.7 Å². The van der Waals surface area contributed by atoms with Gasteiger partial charge in [-0.1, -0.05) is 48.5 Å². The molecule has 0 unspecified atom stereocenters. The molecule has 3 aromatic carbocycles. The fourth-order valence-electron chi connectivity index (χ4n) is 3.36. The van der Waals surface area contributed by atoms with Crippen molar-refractivity contribution < 1.29 is 32.9 Å². The molecule has 30 heavy (non-hydrogen) atoms. The van der Waals surface area contributed by atoms with Crippen LogP contribution in [0.2, 0.25) is 0 Å². The molecule has 0 fully saturated rings. The Morgan fingerprint density at radius 3 is 2.20 bits per heavy atom. The summed E-state index contributed by atoms with van der Waals surface area (Å²) >= 11 is 0. The molecule has 0 saturated heterocycles. The standard InChI is InChI=1S/C23H19F3O4/c1-14-20(16-9-5-6-10-19(16)23(24,25)26)18(17(11-27)22(29)21(14)28)13-30-12-15-7-3-2-4-8-15/h2-11,28-29H,12-13H2,1H3. The Labute approximate surface area is 171 Å². The van der Waals surface area contributed by atoms with Gasteiger partial charge in [-0.15, -0.1) is 0 Å². The van der Waals surface area contributed by atoms with Crippen molar-refractivity contribution >= 4 is 6.29 Å². The zero-order valence-electron chi connectivity index (χ0n) is 16.0. The van der Waals surface area contributed by atoms with Gasteiger partial charge in [0.2, 0.25) is 0 Å². The van der Waals surface area contributed by atoms with Crippen molar-refractivity contribution in [3.63, 3.8) is 0 Å². The number of aromatic hydroxyl groups is 2. The number of halogens is 3. The van der Waals surface area contributed by atoms with Gasteiger partial charge in [-0.2, -0.15) is 13.2 Å². The van der Waals surface area contributed by atoms with Crippen LogP contribution in [0.1, 0.15) is 32.6 Å². The molecule has 0 bridgehead atoms. The van der Waals surface area contributed by atoms with Gasteiger partial charge in [0, 0.05) is 11.1 Å². The van der Waals surface area contributed by atoms with Gasteiger partial charge in [0.25, 0.3) is 0 Å². The van der Waals surface area contributed by atoms with E-state index in [4.69, 9.17) is 4.74 Å². The number of benzene rings is 3. The summed E-state index contributed by atoms with van der Waals surface area (Å²) in [6, 6.07) is 14.0. The van der Waals surface area contributed by atoms with Crippen LogP contribution in [0.3, 0.4) is 0 Å². The molecule has 0 spiro atoms. The number of hydrogen-bond donors (Lipinski definition) is 2. The predicted molar refractivity (Wildman–Crippen MR) is 105 cm³/mol. The SMILES string of the molecule is Cc1c(O)c(O)c(C=O)c(COCc2ccccc2)c1-c1ccccc1C(F)(F)F. The summed E-state index contributed by atoms with van der Waals surface area (Å²) in [5.41, 5.74) is -0.495. The van der Waals surface area contributed by atoms with E-state index in [2.05, 4.69) is 0 Å². The Morgan fingerprint density at radius 1 is 0.933 bits per heavy atom. The second kappa shape index (κ2) is 8.59. The van der Waals surface area contributed by atoms with E-state index in [9.17, 15) is 28.2 Å². The molecule has 0 amide bonds. The Balaban J connectivity index is 2.15. The first kappa shape index (κ1) is 21.4. The smallest absolute Gasteiger partial charge is 0.417 e. The molecule has 0 radical (unpaired) electrons. The lowest BCUT2D eigenvalue weighted by atomic mass is 9.88. The van der Waals surface area contributed by atoms with E-state index < -0.39 is 23.2 Å². The van der Waals surface area contributed by atoms with Crippen LogP contribution in [0.15, 0.2) is 54.6 Å². The van der Waals surface area contributed by atoms with Crippen LogP contribution >= 0.6 is 0 Å². The normalized spacial score (nSPS) is 11.5. The number of phenols is 2. The average Bonchev–Trinajstić information content (AvgIpc) is 2.73. The van der Waals surface area contributed by atoms with E-state index in [1.807, 2.05) is 30.3 Å². The number of rotatable bonds is 6. The third-order valence-electron chi connectivity index (χ3n) is 4.81. The molecule has 0 aliphatic rings. The van der Waals surface area contributed by atoms with Crippen LogP contribution in [-0.4, -0.2) is 16.5 Å². The fourth-order valence-corrected chi connectivity index (χ4v) is 3.36. The van der Waals surface area contributed by atoms with Crippen molar-refractivity contribution in [1.29, 1.82) is 0 Å². The molecule has 0 aliphatic heterocycles. The zero-order valence-corrected chi connectivity index (χ0v) is 16.0. The topological polar surface area (TPSA) is 66.8 Å². The fraction of sp³-hybridized carbons (Fsp3) is 0.174. The van der Waals surface area contributed by atoms with Gasteiger partial charge in [-0.3, -0.25) is 4.79 Å². The van der Waals surface area contributed by atoms with E-state index >= 15 is 0 Å². The molecule has 0 heterocycles. The maximum absolute atomic E-state index is 13.6. The Bertz CT molecular complexity index is 1060. The van der Waals surface area contributed by atoms with E-state index in [0.29, 0.717) is 6.29 Å². The Kier molecular flexibility index (Phi) is 6.12. The summed E-state index contributed by atoms with van der Waals surface area (Å²) in [5, 5.41) is 20.5. The summed E-state index contributed by atoms with van der Waals surface area (Å²) in [7, 11) is 0. The van der Waals surface area contributed by atoms with Crippen LogP contribution in [0.25, 0.3) is 11.1 Å². The first-order valence-corrected chi connectivity index (χ1v) is 9.06. The van der Waals surface area contributed by atoms with Crippen LogP contribution in [0.5, 0.6) is 11.5 Å². The molecule has 3 rings (SSSR count). The summed E-state index contributed by atoms with van der Waals surface area (Å²) in [6.07, 6.45) is -4.35. The molecule has 156 valence electrons. The van der Waals surface area contributed by atoms with Gasteiger partial charge >= 0.3 is 6.18 Å². The second-order valence-corrected chi connectivity index (χ2v) is 6.73. The molecule has 0 saturated carbocycles. The molecule has 2 N–H and O–H groups in total. The highest BCUT2D eigenvalue weighted by molar-refractivity contribution is 5.91.